The predicted molar refractivity (Wildman–Crippen MR) is 65.6 cm³/mol. The highest BCUT2D eigenvalue weighted by Crippen LogP contribution is 2.33. The molecule has 1 rings (SSSR count). The van der Waals surface area contributed by atoms with Crippen LogP contribution in [0.5, 0.6) is 0 Å². The Labute approximate surface area is 101 Å². The highest BCUT2D eigenvalue weighted by molar-refractivity contribution is 5.76. The molecule has 4 nitrogen and oxygen atoms in total. The van der Waals surface area contributed by atoms with Gasteiger partial charge in [0.15, 0.2) is 0 Å². The fourth-order valence-electron chi connectivity index (χ4n) is 1.88. The van der Waals surface area contributed by atoms with Crippen molar-refractivity contribution < 1.29 is 9.72 Å². The largest absolute Gasteiger partial charge is 0.300 e. The Kier molecular flexibility index (Phi) is 3.99. The lowest BCUT2D eigenvalue weighted by Gasteiger charge is -2.26. The molecular formula is C13H17NO3. The first kappa shape index (κ1) is 13.4. The monoisotopic (exact) mass is 235 g/mol. The summed E-state index contributed by atoms with van der Waals surface area (Å²) in [6.45, 7) is 4.59. The maximum atomic E-state index is 11.3. The second-order valence-electron chi connectivity index (χ2n) is 4.78. The number of nitro groups is 1. The van der Waals surface area contributed by atoms with Gasteiger partial charge in [-0.05, 0) is 12.5 Å². The molecule has 1 aromatic rings. The van der Waals surface area contributed by atoms with Gasteiger partial charge >= 0.3 is 0 Å². The molecule has 0 radical (unpaired) electrons. The van der Waals surface area contributed by atoms with Crippen molar-refractivity contribution in [3.8, 4) is 0 Å². The number of carbonyl (C=O) groups excluding carboxylic acids is 1. The first-order valence-electron chi connectivity index (χ1n) is 5.54. The zero-order chi connectivity index (χ0) is 13.1. The molecule has 0 amide bonds. The molecule has 0 N–H and O–H groups in total. The number of hydrogen-bond donors (Lipinski definition) is 0. The van der Waals surface area contributed by atoms with Gasteiger partial charge in [-0.3, -0.25) is 10.1 Å². The van der Waals surface area contributed by atoms with E-state index in [0.717, 1.165) is 5.56 Å². The zero-order valence-corrected chi connectivity index (χ0v) is 10.3. The lowest BCUT2D eigenvalue weighted by Crippen LogP contribution is -2.39. The SMILES string of the molecule is CC(=O)C[C@@H](c1ccccc1)C(C)(C)[N+](=O)[O-]. The minimum absolute atomic E-state index is 0.0335. The standard InChI is InChI=1S/C13H17NO3/c1-10(15)9-12(13(2,3)14(16)17)11-7-5-4-6-8-11/h4-8,12H,9H2,1-3H3/t12-/m0/s1. The molecule has 0 saturated carbocycles. The number of Topliss-reactive ketones (excluding diaryl/α,β-unsaturated/α-hetero) is 1. The maximum absolute atomic E-state index is 11.3. The normalized spacial score (nSPS) is 13.1. The van der Waals surface area contributed by atoms with Gasteiger partial charge < -0.3 is 4.79 Å². The first-order valence-corrected chi connectivity index (χ1v) is 5.54. The average Bonchev–Trinajstić information content (AvgIpc) is 2.26. The minimum atomic E-state index is -1.15. The third kappa shape index (κ3) is 3.12. The number of benzene rings is 1. The summed E-state index contributed by atoms with van der Waals surface area (Å²) in [5.41, 5.74) is -0.308. The Hall–Kier alpha value is -1.71. The third-order valence-electron chi connectivity index (χ3n) is 3.02. The summed E-state index contributed by atoms with van der Waals surface area (Å²) in [7, 11) is 0. The van der Waals surface area contributed by atoms with Gasteiger partial charge in [0.2, 0.25) is 5.54 Å². The van der Waals surface area contributed by atoms with Crippen LogP contribution in [0.3, 0.4) is 0 Å². The van der Waals surface area contributed by atoms with Gasteiger partial charge in [-0.25, -0.2) is 0 Å². The van der Waals surface area contributed by atoms with Gasteiger partial charge in [0.1, 0.15) is 5.78 Å². The van der Waals surface area contributed by atoms with E-state index in [1.54, 1.807) is 13.8 Å². The van der Waals surface area contributed by atoms with Crippen LogP contribution in [0.2, 0.25) is 0 Å². The second-order valence-corrected chi connectivity index (χ2v) is 4.78. The molecule has 0 fully saturated rings. The lowest BCUT2D eigenvalue weighted by molar-refractivity contribution is -0.565. The van der Waals surface area contributed by atoms with Crippen molar-refractivity contribution in [3.63, 3.8) is 0 Å². The van der Waals surface area contributed by atoms with Crippen molar-refractivity contribution in [3.05, 3.63) is 46.0 Å². The molecule has 1 aromatic carbocycles. The molecular weight excluding hydrogens is 218 g/mol. The summed E-state index contributed by atoms with van der Waals surface area (Å²) in [5.74, 6) is -0.426. The molecule has 4 heteroatoms. The summed E-state index contributed by atoms with van der Waals surface area (Å²) in [4.78, 5) is 22.1. The van der Waals surface area contributed by atoms with E-state index in [1.807, 2.05) is 30.3 Å². The van der Waals surface area contributed by atoms with E-state index in [-0.39, 0.29) is 17.1 Å². The highest BCUT2D eigenvalue weighted by Gasteiger charge is 2.42. The summed E-state index contributed by atoms with van der Waals surface area (Å²) in [5, 5.41) is 11.1. The summed E-state index contributed by atoms with van der Waals surface area (Å²) < 4.78 is 0. The smallest absolute Gasteiger partial charge is 0.223 e. The Morgan fingerprint density at radius 2 is 1.88 bits per heavy atom. The van der Waals surface area contributed by atoms with Crippen molar-refractivity contribution in [2.24, 2.45) is 0 Å². The van der Waals surface area contributed by atoms with Crippen LogP contribution >= 0.6 is 0 Å². The van der Waals surface area contributed by atoms with Crippen LogP contribution in [0, 0.1) is 10.1 Å². The molecule has 92 valence electrons. The summed E-state index contributed by atoms with van der Waals surface area (Å²) in [6, 6.07) is 9.18. The van der Waals surface area contributed by atoms with Crippen LogP contribution in [0.15, 0.2) is 30.3 Å². The van der Waals surface area contributed by atoms with Crippen LogP contribution in [0.1, 0.15) is 38.7 Å². The van der Waals surface area contributed by atoms with Gasteiger partial charge in [0, 0.05) is 25.2 Å². The quantitative estimate of drug-likeness (QED) is 0.582. The Morgan fingerprint density at radius 1 is 1.35 bits per heavy atom. The van der Waals surface area contributed by atoms with E-state index in [1.165, 1.54) is 6.92 Å². The van der Waals surface area contributed by atoms with Gasteiger partial charge in [-0.15, -0.1) is 0 Å². The molecule has 0 heterocycles. The lowest BCUT2D eigenvalue weighted by atomic mass is 9.79. The van der Waals surface area contributed by atoms with Crippen molar-refractivity contribution in [2.45, 2.75) is 38.6 Å². The van der Waals surface area contributed by atoms with Crippen molar-refractivity contribution in [1.82, 2.24) is 0 Å². The van der Waals surface area contributed by atoms with E-state index in [2.05, 4.69) is 0 Å². The number of hydrogen-bond acceptors (Lipinski definition) is 3. The molecule has 0 saturated heterocycles. The third-order valence-corrected chi connectivity index (χ3v) is 3.02. The zero-order valence-electron chi connectivity index (χ0n) is 10.3. The highest BCUT2D eigenvalue weighted by atomic mass is 16.6. The van der Waals surface area contributed by atoms with Crippen LogP contribution < -0.4 is 0 Å². The van der Waals surface area contributed by atoms with Crippen LogP contribution in [0.4, 0.5) is 0 Å². The molecule has 0 aliphatic rings. The van der Waals surface area contributed by atoms with Gasteiger partial charge in [0.25, 0.3) is 0 Å². The second kappa shape index (κ2) is 5.08. The van der Waals surface area contributed by atoms with Crippen molar-refractivity contribution >= 4 is 5.78 Å². The first-order chi connectivity index (χ1) is 7.85. The van der Waals surface area contributed by atoms with Crippen LogP contribution in [-0.2, 0) is 4.79 Å². The van der Waals surface area contributed by atoms with E-state index in [4.69, 9.17) is 0 Å². The van der Waals surface area contributed by atoms with Crippen molar-refractivity contribution in [2.75, 3.05) is 0 Å². The molecule has 0 bridgehead atoms. The van der Waals surface area contributed by atoms with Crippen LogP contribution in [-0.4, -0.2) is 16.2 Å². The molecule has 0 aliphatic heterocycles. The van der Waals surface area contributed by atoms with Crippen molar-refractivity contribution in [1.29, 1.82) is 0 Å². The number of rotatable bonds is 5. The minimum Gasteiger partial charge on any atom is -0.300 e. The van der Waals surface area contributed by atoms with E-state index < -0.39 is 11.5 Å². The number of ketones is 1. The maximum Gasteiger partial charge on any atom is 0.223 e. The molecule has 0 aromatic heterocycles. The van der Waals surface area contributed by atoms with E-state index >= 15 is 0 Å². The topological polar surface area (TPSA) is 60.2 Å². The fourth-order valence-corrected chi connectivity index (χ4v) is 1.88. The molecule has 17 heavy (non-hydrogen) atoms. The Bertz CT molecular complexity index is 412. The van der Waals surface area contributed by atoms with Gasteiger partial charge in [0.05, 0.1) is 5.92 Å². The van der Waals surface area contributed by atoms with Crippen LogP contribution in [0.25, 0.3) is 0 Å². The average molecular weight is 235 g/mol. The molecule has 0 unspecified atom stereocenters. The van der Waals surface area contributed by atoms with E-state index in [0.29, 0.717) is 0 Å². The van der Waals surface area contributed by atoms with E-state index in [9.17, 15) is 14.9 Å². The number of nitrogens with zero attached hydrogens (tertiary/aromatic N) is 1. The van der Waals surface area contributed by atoms with Gasteiger partial charge in [-0.2, -0.15) is 0 Å². The molecule has 0 spiro atoms. The number of carbonyl (C=O) groups is 1. The Balaban J connectivity index is 3.13. The van der Waals surface area contributed by atoms with Gasteiger partial charge in [-0.1, -0.05) is 30.3 Å². The summed E-state index contributed by atoms with van der Waals surface area (Å²) in [6.07, 6.45) is 0.192. The molecule has 1 atom stereocenters. The summed E-state index contributed by atoms with van der Waals surface area (Å²) >= 11 is 0. The molecule has 0 aliphatic carbocycles. The Morgan fingerprint density at radius 3 is 2.29 bits per heavy atom. The predicted octanol–water partition coefficient (Wildman–Crippen LogP) is 2.80. The fraction of sp³-hybridized carbons (Fsp3) is 0.462.